The predicted molar refractivity (Wildman–Crippen MR) is 80.7 cm³/mol. The Bertz CT molecular complexity index is 450. The molecule has 3 nitrogen and oxygen atoms in total. The molecule has 1 atom stereocenters. The lowest BCUT2D eigenvalue weighted by molar-refractivity contribution is -0.119. The van der Waals surface area contributed by atoms with Crippen molar-refractivity contribution in [3.8, 4) is 0 Å². The second-order valence-electron chi connectivity index (χ2n) is 5.49. The molecule has 19 heavy (non-hydrogen) atoms. The van der Waals surface area contributed by atoms with Crippen LogP contribution in [0, 0.1) is 12.8 Å². The highest BCUT2D eigenvalue weighted by Gasteiger charge is 2.15. The molecule has 1 unspecified atom stereocenters. The van der Waals surface area contributed by atoms with Gasteiger partial charge in [-0.15, -0.1) is 0 Å². The smallest absolute Gasteiger partial charge is 0.227 e. The fourth-order valence-electron chi connectivity index (χ4n) is 2.50. The van der Waals surface area contributed by atoms with Crippen LogP contribution >= 0.6 is 0 Å². The Kier molecular flexibility index (Phi) is 4.46. The fraction of sp³-hybridized carbons (Fsp3) is 0.562. The molecule has 0 bridgehead atoms. The lowest BCUT2D eigenvalue weighted by atomic mass is 10.1. The normalized spacial score (nSPS) is 16.5. The molecule has 104 valence electrons. The highest BCUT2D eigenvalue weighted by atomic mass is 16.1. The maximum atomic E-state index is 11.9. The van der Waals surface area contributed by atoms with Crippen molar-refractivity contribution in [2.24, 2.45) is 5.92 Å². The second kappa shape index (κ2) is 6.09. The lowest BCUT2D eigenvalue weighted by Gasteiger charge is -2.21. The van der Waals surface area contributed by atoms with E-state index in [9.17, 15) is 4.79 Å². The van der Waals surface area contributed by atoms with Gasteiger partial charge in [0.2, 0.25) is 5.91 Å². The molecule has 1 aromatic carbocycles. The summed E-state index contributed by atoms with van der Waals surface area (Å²) in [6.07, 6.45) is 3.44. The number of carbonyl (C=O) groups is 1. The maximum absolute atomic E-state index is 11.9. The van der Waals surface area contributed by atoms with E-state index in [2.05, 4.69) is 29.3 Å². The van der Waals surface area contributed by atoms with Crippen LogP contribution < -0.4 is 10.2 Å². The lowest BCUT2D eigenvalue weighted by Crippen LogP contribution is -2.21. The van der Waals surface area contributed by atoms with E-state index >= 15 is 0 Å². The summed E-state index contributed by atoms with van der Waals surface area (Å²) in [5.74, 6) is 0.175. The molecule has 1 aliphatic rings. The molecular weight excluding hydrogens is 236 g/mol. The maximum Gasteiger partial charge on any atom is 0.227 e. The first-order valence-corrected chi connectivity index (χ1v) is 7.28. The SMILES string of the molecule is CCC(C)C(=O)Nc1ccc(N2CCCC2)c(C)c1. The quantitative estimate of drug-likeness (QED) is 0.897. The van der Waals surface area contributed by atoms with Crippen LogP contribution in [-0.2, 0) is 4.79 Å². The Labute approximate surface area is 116 Å². The van der Waals surface area contributed by atoms with E-state index < -0.39 is 0 Å². The summed E-state index contributed by atoms with van der Waals surface area (Å²) in [4.78, 5) is 14.3. The first kappa shape index (κ1) is 13.9. The van der Waals surface area contributed by atoms with Gasteiger partial charge >= 0.3 is 0 Å². The topological polar surface area (TPSA) is 32.3 Å². The van der Waals surface area contributed by atoms with Crippen molar-refractivity contribution in [2.75, 3.05) is 23.3 Å². The second-order valence-corrected chi connectivity index (χ2v) is 5.49. The molecule has 0 radical (unpaired) electrons. The average Bonchev–Trinajstić information content (AvgIpc) is 2.91. The number of nitrogens with zero attached hydrogens (tertiary/aromatic N) is 1. The van der Waals surface area contributed by atoms with Crippen molar-refractivity contribution in [3.05, 3.63) is 23.8 Å². The molecular formula is C16H24N2O. The molecule has 0 aromatic heterocycles. The molecule has 1 amide bonds. The molecule has 1 saturated heterocycles. The summed E-state index contributed by atoms with van der Waals surface area (Å²) < 4.78 is 0. The Morgan fingerprint density at radius 1 is 1.37 bits per heavy atom. The molecule has 1 N–H and O–H groups in total. The van der Waals surface area contributed by atoms with Crippen molar-refractivity contribution in [2.45, 2.75) is 40.0 Å². The number of amides is 1. The van der Waals surface area contributed by atoms with Crippen LogP contribution in [0.2, 0.25) is 0 Å². The molecule has 1 fully saturated rings. The zero-order valence-corrected chi connectivity index (χ0v) is 12.2. The third-order valence-corrected chi connectivity index (χ3v) is 3.97. The van der Waals surface area contributed by atoms with Crippen molar-refractivity contribution in [3.63, 3.8) is 0 Å². The van der Waals surface area contributed by atoms with Crippen LogP contribution in [0.3, 0.4) is 0 Å². The van der Waals surface area contributed by atoms with Crippen LogP contribution in [0.1, 0.15) is 38.7 Å². The van der Waals surface area contributed by atoms with Gasteiger partial charge in [0.05, 0.1) is 0 Å². The summed E-state index contributed by atoms with van der Waals surface area (Å²) in [5, 5.41) is 2.99. The largest absolute Gasteiger partial charge is 0.371 e. The summed E-state index contributed by atoms with van der Waals surface area (Å²) in [6.45, 7) is 8.41. The van der Waals surface area contributed by atoms with Crippen LogP contribution in [-0.4, -0.2) is 19.0 Å². The van der Waals surface area contributed by atoms with Gasteiger partial charge in [-0.25, -0.2) is 0 Å². The molecule has 3 heteroatoms. The Balaban J connectivity index is 2.08. The minimum absolute atomic E-state index is 0.0681. The number of carbonyl (C=O) groups excluding carboxylic acids is 1. The highest BCUT2D eigenvalue weighted by molar-refractivity contribution is 5.92. The van der Waals surface area contributed by atoms with Crippen molar-refractivity contribution in [1.82, 2.24) is 0 Å². The van der Waals surface area contributed by atoms with Gasteiger partial charge in [-0.05, 0) is 49.9 Å². The zero-order chi connectivity index (χ0) is 13.8. The van der Waals surface area contributed by atoms with E-state index in [1.165, 1.54) is 24.1 Å². The van der Waals surface area contributed by atoms with E-state index in [1.54, 1.807) is 0 Å². The van der Waals surface area contributed by atoms with Crippen LogP contribution in [0.4, 0.5) is 11.4 Å². The van der Waals surface area contributed by atoms with Crippen molar-refractivity contribution < 1.29 is 4.79 Å². The average molecular weight is 260 g/mol. The number of hydrogen-bond acceptors (Lipinski definition) is 2. The zero-order valence-electron chi connectivity index (χ0n) is 12.2. The van der Waals surface area contributed by atoms with Gasteiger partial charge in [0.25, 0.3) is 0 Å². The minimum atomic E-state index is 0.0681. The Morgan fingerprint density at radius 2 is 2.05 bits per heavy atom. The van der Waals surface area contributed by atoms with Crippen molar-refractivity contribution in [1.29, 1.82) is 0 Å². The molecule has 1 heterocycles. The first-order chi connectivity index (χ1) is 9.11. The van der Waals surface area contributed by atoms with E-state index in [0.717, 1.165) is 25.2 Å². The summed E-state index contributed by atoms with van der Waals surface area (Å²) in [7, 11) is 0. The van der Waals surface area contributed by atoms with Crippen LogP contribution in [0.25, 0.3) is 0 Å². The molecule has 2 rings (SSSR count). The molecule has 0 saturated carbocycles. The van der Waals surface area contributed by atoms with Gasteiger partial charge in [-0.1, -0.05) is 13.8 Å². The number of aryl methyl sites for hydroxylation is 1. The standard InChI is InChI=1S/C16H24N2O/c1-4-12(2)16(19)17-14-7-8-15(13(3)11-14)18-9-5-6-10-18/h7-8,11-12H,4-6,9-10H2,1-3H3,(H,17,19). The molecule has 0 spiro atoms. The van der Waals surface area contributed by atoms with Crippen molar-refractivity contribution >= 4 is 17.3 Å². The van der Waals surface area contributed by atoms with Gasteiger partial charge in [-0.2, -0.15) is 0 Å². The number of hydrogen-bond donors (Lipinski definition) is 1. The minimum Gasteiger partial charge on any atom is -0.371 e. The van der Waals surface area contributed by atoms with Gasteiger partial charge in [0.1, 0.15) is 0 Å². The fourth-order valence-corrected chi connectivity index (χ4v) is 2.50. The number of anilines is 2. The van der Waals surface area contributed by atoms with Gasteiger partial charge in [0.15, 0.2) is 0 Å². The van der Waals surface area contributed by atoms with Gasteiger partial charge in [0, 0.05) is 30.4 Å². The van der Waals surface area contributed by atoms with Gasteiger partial charge in [-0.3, -0.25) is 4.79 Å². The van der Waals surface area contributed by atoms with Gasteiger partial charge < -0.3 is 10.2 Å². The van der Waals surface area contributed by atoms with Crippen LogP contribution in [0.5, 0.6) is 0 Å². The number of benzene rings is 1. The summed E-state index contributed by atoms with van der Waals surface area (Å²) >= 11 is 0. The third kappa shape index (κ3) is 3.28. The van der Waals surface area contributed by atoms with E-state index in [-0.39, 0.29) is 11.8 Å². The predicted octanol–water partition coefficient (Wildman–Crippen LogP) is 3.58. The van der Waals surface area contributed by atoms with E-state index in [1.807, 2.05) is 19.9 Å². The molecule has 1 aromatic rings. The third-order valence-electron chi connectivity index (χ3n) is 3.97. The first-order valence-electron chi connectivity index (χ1n) is 7.28. The Hall–Kier alpha value is -1.51. The van der Waals surface area contributed by atoms with E-state index in [0.29, 0.717) is 0 Å². The molecule has 0 aliphatic carbocycles. The van der Waals surface area contributed by atoms with Crippen LogP contribution in [0.15, 0.2) is 18.2 Å². The monoisotopic (exact) mass is 260 g/mol. The summed E-state index contributed by atoms with van der Waals surface area (Å²) in [6, 6.07) is 6.22. The Morgan fingerprint density at radius 3 is 2.63 bits per heavy atom. The number of nitrogens with one attached hydrogen (secondary N) is 1. The highest BCUT2D eigenvalue weighted by Crippen LogP contribution is 2.26. The molecule has 1 aliphatic heterocycles. The summed E-state index contributed by atoms with van der Waals surface area (Å²) in [5.41, 5.74) is 3.45. The van der Waals surface area contributed by atoms with E-state index in [4.69, 9.17) is 0 Å². The number of rotatable bonds is 4.